The van der Waals surface area contributed by atoms with E-state index < -0.39 is 77.6 Å². The number of likely N-dealkylation sites (N-methyl/N-ethyl adjacent to an activating group) is 1. The molecule has 2 unspecified atom stereocenters. The Morgan fingerprint density at radius 3 is 2.46 bits per heavy atom. The van der Waals surface area contributed by atoms with Crippen LogP contribution in [0.2, 0.25) is 0 Å². The number of benzene rings is 1. The highest BCUT2D eigenvalue weighted by Crippen LogP contribution is 2.40. The van der Waals surface area contributed by atoms with Crippen LogP contribution < -0.4 is 16.4 Å². The number of carbonyl (C=O) groups excluding carboxylic acids is 4. The van der Waals surface area contributed by atoms with E-state index in [1.54, 1.807) is 48.7 Å². The van der Waals surface area contributed by atoms with Gasteiger partial charge in [0.15, 0.2) is 17.7 Å². The summed E-state index contributed by atoms with van der Waals surface area (Å²) in [6.07, 6.45) is 0.981. The van der Waals surface area contributed by atoms with Crippen molar-refractivity contribution in [2.24, 2.45) is 17.8 Å². The first-order valence-electron chi connectivity index (χ1n) is 24.4. The van der Waals surface area contributed by atoms with Crippen LogP contribution in [0.4, 0.5) is 10.5 Å². The van der Waals surface area contributed by atoms with Crippen LogP contribution in [0, 0.1) is 17.8 Å². The first-order valence-corrected chi connectivity index (χ1v) is 24.4. The Morgan fingerprint density at radius 1 is 1.07 bits per heavy atom. The molecule has 12 atom stereocenters. The number of nitrogens with two attached hydrogens (primary N) is 1. The zero-order valence-corrected chi connectivity index (χ0v) is 42.4. The molecule has 2 saturated heterocycles. The number of methoxy groups -OCH3 is 1. The van der Waals surface area contributed by atoms with E-state index in [0.717, 1.165) is 5.56 Å². The van der Waals surface area contributed by atoms with E-state index in [1.165, 1.54) is 13.1 Å². The number of unbranched alkanes of at least 4 members (excludes halogenated alkanes) is 1. The van der Waals surface area contributed by atoms with Crippen molar-refractivity contribution in [3.8, 4) is 11.3 Å². The number of pyridine rings is 1. The van der Waals surface area contributed by atoms with Crippen LogP contribution in [0.3, 0.4) is 0 Å². The summed E-state index contributed by atoms with van der Waals surface area (Å²) in [5.41, 5.74) is 6.00. The van der Waals surface area contributed by atoms with E-state index in [2.05, 4.69) is 32.9 Å². The Labute approximate surface area is 407 Å². The number of aryl methyl sites for hydroxylation is 1. The highest BCUT2D eigenvalue weighted by atomic mass is 16.7. The van der Waals surface area contributed by atoms with Crippen LogP contribution in [-0.4, -0.2) is 160 Å². The average Bonchev–Trinajstić information content (AvgIpc) is 3.91. The number of rotatable bonds is 19. The molecule has 382 valence electrons. The van der Waals surface area contributed by atoms with Crippen LogP contribution in [-0.2, 0) is 39.8 Å². The maximum atomic E-state index is 14.7. The van der Waals surface area contributed by atoms with Crippen molar-refractivity contribution >= 4 is 29.4 Å². The normalized spacial score (nSPS) is 28.5. The SMILES string of the molecule is CCC(C(O)[C@@H](OCCNC(=O)c1ccccn1)O[C@@H]1[C@@H](C)C(=O)[C@@H](C)C(=O)O[C@H](CC)[C@@]2(C)OC(=O)N(CCCCn3cc(-c4cccc(N)c4)nn3)[C@@H]2[C@@H](C)NC[C@H](C)C[C@@]1(C)OC)N(C)C. The fourth-order valence-electron chi connectivity index (χ4n) is 10.0. The topological polar surface area (TPSA) is 235 Å². The Balaban J connectivity index is 1.38. The predicted octanol–water partition coefficient (Wildman–Crippen LogP) is 4.73. The third-order valence-corrected chi connectivity index (χ3v) is 13.9. The molecular weight excluding hydrogens is 887 g/mol. The molecule has 2 aliphatic heterocycles. The van der Waals surface area contributed by atoms with E-state index in [4.69, 9.17) is 29.4 Å². The second kappa shape index (κ2) is 24.7. The number of aliphatic hydroxyl groups excluding tert-OH is 1. The van der Waals surface area contributed by atoms with Gasteiger partial charge in [0.2, 0.25) is 0 Å². The number of carbonyl (C=O) groups is 4. The third-order valence-electron chi connectivity index (χ3n) is 13.9. The van der Waals surface area contributed by atoms with Crippen LogP contribution in [0.15, 0.2) is 54.9 Å². The van der Waals surface area contributed by atoms with Gasteiger partial charge in [-0.3, -0.25) is 28.9 Å². The molecule has 5 rings (SSSR count). The summed E-state index contributed by atoms with van der Waals surface area (Å²) in [5, 5.41) is 27.0. The smallest absolute Gasteiger partial charge is 0.410 e. The zero-order chi connectivity index (χ0) is 50.6. The number of nitrogens with one attached hydrogen (secondary N) is 2. The van der Waals surface area contributed by atoms with Gasteiger partial charge in [0.05, 0.1) is 30.6 Å². The summed E-state index contributed by atoms with van der Waals surface area (Å²) < 4.78 is 33.7. The number of hydrogen-bond acceptors (Lipinski definition) is 16. The number of aromatic nitrogens is 4. The minimum atomic E-state index is -1.29. The van der Waals surface area contributed by atoms with Crippen molar-refractivity contribution in [2.75, 3.05) is 53.2 Å². The molecule has 3 aromatic rings. The lowest BCUT2D eigenvalue weighted by atomic mass is 9.78. The fourth-order valence-corrected chi connectivity index (χ4v) is 10.0. The van der Waals surface area contributed by atoms with Gasteiger partial charge in [-0.1, -0.05) is 51.1 Å². The van der Waals surface area contributed by atoms with Crippen LogP contribution in [0.5, 0.6) is 0 Å². The number of cyclic esters (lactones) is 1. The molecule has 2 amide bonds. The predicted molar refractivity (Wildman–Crippen MR) is 260 cm³/mol. The summed E-state index contributed by atoms with van der Waals surface area (Å²) in [5.74, 6) is -3.96. The Hall–Kier alpha value is -5.05. The molecule has 19 nitrogen and oxygen atoms in total. The molecular formula is C50H77N9O10. The first kappa shape index (κ1) is 54.9. The van der Waals surface area contributed by atoms with Crippen molar-refractivity contribution < 1.29 is 48.0 Å². The second-order valence-electron chi connectivity index (χ2n) is 19.4. The highest BCUT2D eigenvalue weighted by molar-refractivity contribution is 6.00. The number of ketones is 1. The monoisotopic (exact) mass is 964 g/mol. The van der Waals surface area contributed by atoms with Crippen LogP contribution in [0.25, 0.3) is 11.3 Å². The molecule has 69 heavy (non-hydrogen) atoms. The Morgan fingerprint density at radius 2 is 1.81 bits per heavy atom. The number of nitrogens with zero attached hydrogens (tertiary/aromatic N) is 6. The fraction of sp³-hybridized carbons (Fsp3) is 0.660. The lowest BCUT2D eigenvalue weighted by Gasteiger charge is -2.44. The number of amides is 2. The largest absolute Gasteiger partial charge is 0.458 e. The summed E-state index contributed by atoms with van der Waals surface area (Å²) in [6, 6.07) is 11.2. The standard InChI is InChI=1S/C50H77N9O10/c1-12-39(57(9)10)42(61)47(66-26-23-53-45(62)37-21-14-15-22-52-37)68-44-32(4)41(60)33(5)46(63)67-40(13-2)50(8)43(34(6)54-29-31(3)28-49(44,7)65-11)59(48(64)69-50)25-17-16-24-58-30-38(55-56-58)35-19-18-20-36(51)27-35/h14-15,18-22,27,30-34,39-40,42-44,47,54,61H,12-13,16-17,23-26,28-29,51H2,1-11H3,(H,53,62)/t31-,32+,33-,34-,39?,40-,42?,43-,44-,47+,49-,50-/m1/s1. The molecule has 19 heteroatoms. The van der Waals surface area contributed by atoms with Gasteiger partial charge in [-0.2, -0.15) is 0 Å². The van der Waals surface area contributed by atoms with E-state index in [0.29, 0.717) is 63.1 Å². The van der Waals surface area contributed by atoms with E-state index in [1.807, 2.05) is 77.2 Å². The average molecular weight is 964 g/mol. The van der Waals surface area contributed by atoms with Gasteiger partial charge < -0.3 is 50.1 Å². The molecule has 0 aliphatic carbocycles. The summed E-state index contributed by atoms with van der Waals surface area (Å²) in [4.78, 5) is 63.3. The zero-order valence-electron chi connectivity index (χ0n) is 42.4. The van der Waals surface area contributed by atoms with Crippen molar-refractivity contribution in [2.45, 2.75) is 148 Å². The minimum Gasteiger partial charge on any atom is -0.458 e. The molecule has 0 bridgehead atoms. The number of anilines is 1. The number of fused-ring (bicyclic) bond motifs is 1. The molecule has 4 heterocycles. The van der Waals surface area contributed by atoms with Gasteiger partial charge in [0, 0.05) is 62.2 Å². The highest BCUT2D eigenvalue weighted by Gasteiger charge is 2.58. The molecule has 5 N–H and O–H groups in total. The molecule has 2 aliphatic rings. The van der Waals surface area contributed by atoms with E-state index >= 15 is 0 Å². The van der Waals surface area contributed by atoms with Gasteiger partial charge in [-0.15, -0.1) is 5.10 Å². The maximum Gasteiger partial charge on any atom is 0.410 e. The first-order chi connectivity index (χ1) is 32.8. The van der Waals surface area contributed by atoms with Crippen molar-refractivity contribution in [1.82, 2.24) is 40.4 Å². The minimum absolute atomic E-state index is 0.0442. The second-order valence-corrected chi connectivity index (χ2v) is 19.4. The van der Waals surface area contributed by atoms with Gasteiger partial charge in [-0.25, -0.2) is 4.79 Å². The number of aliphatic hydroxyl groups is 1. The molecule has 1 aromatic carbocycles. The van der Waals surface area contributed by atoms with Gasteiger partial charge in [-0.05, 0) is 111 Å². The number of esters is 1. The molecule has 0 spiro atoms. The third kappa shape index (κ3) is 13.4. The summed E-state index contributed by atoms with van der Waals surface area (Å²) in [7, 11) is 5.24. The number of nitrogen functional groups attached to an aromatic ring is 1. The van der Waals surface area contributed by atoms with E-state index in [-0.39, 0.29) is 36.7 Å². The molecule has 0 saturated carbocycles. The van der Waals surface area contributed by atoms with E-state index in [9.17, 15) is 24.3 Å². The van der Waals surface area contributed by atoms with Gasteiger partial charge in [0.1, 0.15) is 29.5 Å². The van der Waals surface area contributed by atoms with Crippen LogP contribution in [0.1, 0.15) is 98.0 Å². The quantitative estimate of drug-likeness (QED) is 0.0418. The Kier molecular flexibility index (Phi) is 19.6. The molecule has 0 radical (unpaired) electrons. The number of ether oxygens (including phenoxy) is 5. The maximum absolute atomic E-state index is 14.7. The lowest BCUT2D eigenvalue weighted by molar-refractivity contribution is -0.266. The molecule has 2 fully saturated rings. The number of hydrogen-bond donors (Lipinski definition) is 4. The van der Waals surface area contributed by atoms with Crippen molar-refractivity contribution in [3.63, 3.8) is 0 Å². The van der Waals surface area contributed by atoms with Crippen LogP contribution >= 0.6 is 0 Å². The Bertz CT molecular complexity index is 2150. The number of Topliss-reactive ketones (excluding diaryl/α,β-unsaturated/α-hetero) is 1. The summed E-state index contributed by atoms with van der Waals surface area (Å²) >= 11 is 0. The molecule has 2 aromatic heterocycles. The van der Waals surface area contributed by atoms with Crippen molar-refractivity contribution in [1.29, 1.82) is 0 Å². The van der Waals surface area contributed by atoms with Gasteiger partial charge in [0.25, 0.3) is 5.91 Å². The van der Waals surface area contributed by atoms with Gasteiger partial charge >= 0.3 is 12.1 Å². The summed E-state index contributed by atoms with van der Waals surface area (Å²) in [6.45, 7) is 16.1. The lowest BCUT2D eigenvalue weighted by Crippen LogP contribution is -2.61. The van der Waals surface area contributed by atoms with Crippen molar-refractivity contribution in [3.05, 3.63) is 60.6 Å².